The molecule has 3 atom stereocenters. The lowest BCUT2D eigenvalue weighted by Gasteiger charge is -2.50. The third kappa shape index (κ3) is 11.4. The molecule has 7 nitrogen and oxygen atoms in total. The molecule has 0 aromatic carbocycles. The summed E-state index contributed by atoms with van der Waals surface area (Å²) in [4.78, 5) is 37.5. The Morgan fingerprint density at radius 3 is 1.19 bits per heavy atom. The van der Waals surface area contributed by atoms with Crippen molar-refractivity contribution < 1.29 is 34.2 Å². The Morgan fingerprint density at radius 2 is 0.917 bits per heavy atom. The standard InChI is InChI=1S/C29H53NO6/c1-5-9-10-11-12-13-14-15-16-17-18-19-23-30(24(20-6-2)27(31)32,25(21-7-3)28(33)34)26(22-8-4)29(35)36/h5,24-26H,1,6-23H2,2-4H3,(H2-,31,32,33,34,35,36)/p+1. The second-order valence-electron chi connectivity index (χ2n) is 10.3. The second kappa shape index (κ2) is 20.2. The first kappa shape index (κ1) is 34.1. The fraction of sp³-hybridized carbons (Fsp3) is 0.828. The van der Waals surface area contributed by atoms with Crippen molar-refractivity contribution in [2.75, 3.05) is 6.54 Å². The molecule has 0 aromatic heterocycles. The van der Waals surface area contributed by atoms with Crippen LogP contribution in [0, 0.1) is 0 Å². The number of aliphatic carboxylic acids is 3. The zero-order valence-electron chi connectivity index (χ0n) is 23.3. The third-order valence-electron chi connectivity index (χ3n) is 7.49. The molecule has 0 heterocycles. The molecule has 0 saturated carbocycles. The maximum Gasteiger partial charge on any atom is 0.362 e. The Hall–Kier alpha value is -1.89. The quantitative estimate of drug-likeness (QED) is 0.0687. The van der Waals surface area contributed by atoms with E-state index >= 15 is 0 Å². The van der Waals surface area contributed by atoms with Crippen LogP contribution in [-0.4, -0.2) is 62.4 Å². The van der Waals surface area contributed by atoms with E-state index in [4.69, 9.17) is 0 Å². The van der Waals surface area contributed by atoms with Crippen LogP contribution in [0.2, 0.25) is 0 Å². The van der Waals surface area contributed by atoms with Crippen molar-refractivity contribution in [1.29, 1.82) is 0 Å². The minimum atomic E-state index is -1.09. The third-order valence-corrected chi connectivity index (χ3v) is 7.49. The molecule has 0 aliphatic heterocycles. The smallest absolute Gasteiger partial charge is 0.362 e. The van der Waals surface area contributed by atoms with Crippen LogP contribution >= 0.6 is 0 Å². The molecular weight excluding hydrogens is 458 g/mol. The van der Waals surface area contributed by atoms with Gasteiger partial charge < -0.3 is 15.3 Å². The van der Waals surface area contributed by atoms with Gasteiger partial charge in [0.1, 0.15) is 0 Å². The summed E-state index contributed by atoms with van der Waals surface area (Å²) in [6.45, 7) is 9.63. The van der Waals surface area contributed by atoms with Crippen molar-refractivity contribution in [3.63, 3.8) is 0 Å². The normalized spacial score (nSPS) is 15.5. The molecule has 3 unspecified atom stereocenters. The molecule has 0 amide bonds. The van der Waals surface area contributed by atoms with Gasteiger partial charge in [0.2, 0.25) is 0 Å². The van der Waals surface area contributed by atoms with Crippen molar-refractivity contribution in [1.82, 2.24) is 0 Å². The predicted octanol–water partition coefficient (Wildman–Crippen LogP) is 7.04. The summed E-state index contributed by atoms with van der Waals surface area (Å²) >= 11 is 0. The molecule has 0 spiro atoms. The predicted molar refractivity (Wildman–Crippen MR) is 145 cm³/mol. The van der Waals surface area contributed by atoms with E-state index in [2.05, 4.69) is 6.58 Å². The molecule has 0 saturated heterocycles. The van der Waals surface area contributed by atoms with E-state index in [-0.39, 0.29) is 30.3 Å². The first-order valence-electron chi connectivity index (χ1n) is 14.4. The highest BCUT2D eigenvalue weighted by atomic mass is 16.4. The monoisotopic (exact) mass is 512 g/mol. The van der Waals surface area contributed by atoms with Gasteiger partial charge >= 0.3 is 17.9 Å². The number of rotatable bonds is 25. The molecule has 0 aliphatic rings. The van der Waals surface area contributed by atoms with Gasteiger partial charge in [-0.05, 0) is 44.9 Å². The fourth-order valence-electron chi connectivity index (χ4n) is 5.74. The van der Waals surface area contributed by atoms with Crippen molar-refractivity contribution >= 4 is 17.9 Å². The van der Waals surface area contributed by atoms with E-state index in [9.17, 15) is 29.7 Å². The molecular formula is C29H54NO6+. The number of quaternary nitrogens is 1. The Kier molecular flexibility index (Phi) is 19.1. The Balaban J connectivity index is 5.53. The van der Waals surface area contributed by atoms with Gasteiger partial charge in [0.05, 0.1) is 6.54 Å². The van der Waals surface area contributed by atoms with E-state index in [0.29, 0.717) is 25.7 Å². The Bertz CT molecular complexity index is 575. The summed E-state index contributed by atoms with van der Waals surface area (Å²) in [6.07, 6.45) is 16.4. The first-order chi connectivity index (χ1) is 17.2. The Labute approximate surface area is 219 Å². The summed E-state index contributed by atoms with van der Waals surface area (Å²) in [6, 6.07) is -3.14. The number of nitrogens with zero attached hydrogens (tertiary/aromatic N) is 1. The first-order valence-corrected chi connectivity index (χ1v) is 14.4. The van der Waals surface area contributed by atoms with Gasteiger partial charge in [-0.3, -0.25) is 4.48 Å². The molecule has 0 aromatic rings. The molecule has 210 valence electrons. The van der Waals surface area contributed by atoms with Crippen LogP contribution in [0.4, 0.5) is 0 Å². The van der Waals surface area contributed by atoms with Crippen LogP contribution < -0.4 is 0 Å². The van der Waals surface area contributed by atoms with Gasteiger partial charge in [-0.1, -0.05) is 71.8 Å². The topological polar surface area (TPSA) is 112 Å². The highest BCUT2D eigenvalue weighted by Gasteiger charge is 2.56. The van der Waals surface area contributed by atoms with E-state index < -0.39 is 36.0 Å². The number of hydrogen-bond acceptors (Lipinski definition) is 3. The van der Waals surface area contributed by atoms with Gasteiger partial charge in [-0.15, -0.1) is 6.58 Å². The number of allylic oxidation sites excluding steroid dienone is 1. The van der Waals surface area contributed by atoms with Crippen LogP contribution in [0.25, 0.3) is 0 Å². The van der Waals surface area contributed by atoms with E-state index in [1.54, 1.807) is 0 Å². The number of hydrogen-bond donors (Lipinski definition) is 3. The second-order valence-corrected chi connectivity index (χ2v) is 10.3. The molecule has 0 fully saturated rings. The van der Waals surface area contributed by atoms with Crippen LogP contribution in [0.1, 0.15) is 130 Å². The minimum Gasteiger partial charge on any atom is -0.477 e. The summed E-state index contributed by atoms with van der Waals surface area (Å²) in [5, 5.41) is 30.7. The average Bonchev–Trinajstić information content (AvgIpc) is 2.83. The minimum absolute atomic E-state index is 0.267. The van der Waals surface area contributed by atoms with Gasteiger partial charge in [0.15, 0.2) is 18.1 Å². The number of carboxylic acid groups (broad SMARTS) is 3. The molecule has 0 rings (SSSR count). The van der Waals surface area contributed by atoms with Crippen LogP contribution in [0.15, 0.2) is 12.7 Å². The molecule has 36 heavy (non-hydrogen) atoms. The SMILES string of the molecule is C=CCCCCCCCCCCCC[N+](C(CCC)C(=O)O)(C(CCC)C(=O)O)C(CCC)C(=O)O. The maximum absolute atomic E-state index is 12.5. The van der Waals surface area contributed by atoms with Crippen molar-refractivity contribution in [2.45, 2.75) is 148 Å². The van der Waals surface area contributed by atoms with Crippen LogP contribution in [-0.2, 0) is 14.4 Å². The molecule has 0 radical (unpaired) electrons. The van der Waals surface area contributed by atoms with Crippen molar-refractivity contribution in [3.8, 4) is 0 Å². The summed E-state index contributed by atoms with van der Waals surface area (Å²) in [5.74, 6) is -3.26. The molecule has 3 N–H and O–H groups in total. The number of carbonyl (C=O) groups is 3. The lowest BCUT2D eigenvalue weighted by Crippen LogP contribution is -2.72. The fourth-order valence-corrected chi connectivity index (χ4v) is 5.74. The van der Waals surface area contributed by atoms with E-state index in [1.807, 2.05) is 26.8 Å². The van der Waals surface area contributed by atoms with Crippen molar-refractivity contribution in [2.24, 2.45) is 0 Å². The van der Waals surface area contributed by atoms with Crippen LogP contribution in [0.3, 0.4) is 0 Å². The van der Waals surface area contributed by atoms with E-state index in [1.165, 1.54) is 32.1 Å². The van der Waals surface area contributed by atoms with E-state index in [0.717, 1.165) is 32.1 Å². The highest BCUT2D eigenvalue weighted by Crippen LogP contribution is 2.34. The zero-order valence-corrected chi connectivity index (χ0v) is 23.3. The lowest BCUT2D eigenvalue weighted by atomic mass is 9.91. The maximum atomic E-state index is 12.5. The van der Waals surface area contributed by atoms with Gasteiger partial charge in [0.25, 0.3) is 0 Å². The van der Waals surface area contributed by atoms with Gasteiger partial charge in [-0.25, -0.2) is 14.4 Å². The number of carboxylic acids is 3. The van der Waals surface area contributed by atoms with Gasteiger partial charge in [-0.2, -0.15) is 0 Å². The summed E-state index contributed by atoms with van der Waals surface area (Å²) in [5.41, 5.74) is 0. The molecule has 0 bridgehead atoms. The van der Waals surface area contributed by atoms with Crippen LogP contribution in [0.5, 0.6) is 0 Å². The largest absolute Gasteiger partial charge is 0.477 e. The molecule has 0 aliphatic carbocycles. The summed E-state index contributed by atoms with van der Waals surface area (Å²) < 4.78 is -0.375. The lowest BCUT2D eigenvalue weighted by molar-refractivity contribution is -0.973. The van der Waals surface area contributed by atoms with Crippen molar-refractivity contribution in [3.05, 3.63) is 12.7 Å². The molecule has 7 heteroatoms. The number of unbranched alkanes of at least 4 members (excludes halogenated alkanes) is 10. The Morgan fingerprint density at radius 1 is 0.611 bits per heavy atom. The van der Waals surface area contributed by atoms with Gasteiger partial charge in [0, 0.05) is 19.3 Å². The average molecular weight is 513 g/mol. The summed E-state index contributed by atoms with van der Waals surface area (Å²) in [7, 11) is 0. The highest BCUT2D eigenvalue weighted by molar-refractivity contribution is 5.78. The zero-order chi connectivity index (χ0) is 27.4.